The van der Waals surface area contributed by atoms with Crippen molar-refractivity contribution in [2.24, 2.45) is 0 Å². The molecule has 7 heteroatoms. The van der Waals surface area contributed by atoms with Gasteiger partial charge >= 0.3 is 0 Å². The van der Waals surface area contributed by atoms with E-state index in [2.05, 4.69) is 17.0 Å². The maximum Gasteiger partial charge on any atom is 0.229 e. The minimum Gasteiger partial charge on any atom is -0.504 e. The molecule has 7 nitrogen and oxygen atoms in total. The number of phenols is 1. The van der Waals surface area contributed by atoms with Crippen molar-refractivity contribution in [3.05, 3.63) is 35.5 Å². The van der Waals surface area contributed by atoms with Gasteiger partial charge in [-0.3, -0.25) is 4.90 Å². The third kappa shape index (κ3) is 4.56. The van der Waals surface area contributed by atoms with Crippen molar-refractivity contribution >= 4 is 0 Å². The molecule has 2 aliphatic rings. The van der Waals surface area contributed by atoms with Crippen molar-refractivity contribution in [2.75, 3.05) is 32.9 Å². The molecule has 0 saturated carbocycles. The van der Waals surface area contributed by atoms with Gasteiger partial charge in [0.2, 0.25) is 5.89 Å². The molecule has 29 heavy (non-hydrogen) atoms. The number of ether oxygens (including phenoxy) is 2. The lowest BCUT2D eigenvalue weighted by Gasteiger charge is -2.37. The van der Waals surface area contributed by atoms with E-state index in [1.807, 2.05) is 19.1 Å². The van der Waals surface area contributed by atoms with Gasteiger partial charge in [0, 0.05) is 31.1 Å². The Bertz CT molecular complexity index is 808. The Hall–Kier alpha value is -2.12. The Morgan fingerprint density at radius 2 is 2.00 bits per heavy atom. The summed E-state index contributed by atoms with van der Waals surface area (Å²) in [7, 11) is 0. The Kier molecular flexibility index (Phi) is 6.06. The van der Waals surface area contributed by atoms with Crippen molar-refractivity contribution < 1.29 is 19.1 Å². The molecular weight excluding hydrogens is 370 g/mol. The minimum atomic E-state index is -0.0468. The summed E-state index contributed by atoms with van der Waals surface area (Å²) in [5, 5.41) is 14.2. The third-order valence-corrected chi connectivity index (χ3v) is 6.24. The molecule has 0 atom stereocenters. The molecule has 1 aromatic heterocycles. The van der Waals surface area contributed by atoms with Gasteiger partial charge in [-0.15, -0.1) is 0 Å². The quantitative estimate of drug-likeness (QED) is 0.792. The van der Waals surface area contributed by atoms with Gasteiger partial charge in [-0.25, -0.2) is 0 Å². The number of benzene rings is 1. The van der Waals surface area contributed by atoms with Crippen LogP contribution in [0.25, 0.3) is 0 Å². The van der Waals surface area contributed by atoms with Crippen LogP contribution in [0.4, 0.5) is 0 Å². The summed E-state index contributed by atoms with van der Waals surface area (Å²) in [5.74, 6) is 2.71. The molecule has 0 unspecified atom stereocenters. The van der Waals surface area contributed by atoms with Crippen molar-refractivity contribution in [1.29, 1.82) is 0 Å². The fraction of sp³-hybridized carbons (Fsp3) is 0.636. The van der Waals surface area contributed by atoms with Crippen molar-refractivity contribution in [3.8, 4) is 11.5 Å². The summed E-state index contributed by atoms with van der Waals surface area (Å²) >= 11 is 0. The monoisotopic (exact) mass is 401 g/mol. The van der Waals surface area contributed by atoms with Crippen LogP contribution in [0.1, 0.15) is 62.7 Å². The number of aromatic hydroxyl groups is 1. The first-order chi connectivity index (χ1) is 14.1. The topological polar surface area (TPSA) is 80.9 Å². The van der Waals surface area contributed by atoms with Gasteiger partial charge < -0.3 is 19.1 Å². The number of piperidine rings is 1. The highest BCUT2D eigenvalue weighted by Crippen LogP contribution is 2.36. The predicted octanol–water partition coefficient (Wildman–Crippen LogP) is 3.62. The highest BCUT2D eigenvalue weighted by molar-refractivity contribution is 5.41. The van der Waals surface area contributed by atoms with Crippen molar-refractivity contribution in [1.82, 2.24) is 15.0 Å². The molecule has 0 aliphatic carbocycles. The fourth-order valence-electron chi connectivity index (χ4n) is 4.21. The number of nitrogens with zero attached hydrogens (tertiary/aromatic N) is 3. The average molecular weight is 402 g/mol. The molecule has 0 bridgehead atoms. The van der Waals surface area contributed by atoms with Crippen molar-refractivity contribution in [3.63, 3.8) is 0 Å². The zero-order valence-electron chi connectivity index (χ0n) is 17.4. The standard InChI is InChI=1S/C22H31N3O4/c1-3-28-19-14-16(4-5-18(19)26)15-25-10-8-22(2,9-11-25)21-23-20(29-24-21)17-6-12-27-13-7-17/h4-5,14,17,26H,3,6-13,15H2,1-2H3. The summed E-state index contributed by atoms with van der Waals surface area (Å²) < 4.78 is 16.6. The first-order valence-electron chi connectivity index (χ1n) is 10.7. The lowest BCUT2D eigenvalue weighted by molar-refractivity contribution is 0.0778. The van der Waals surface area contributed by atoms with E-state index in [1.165, 1.54) is 0 Å². The molecule has 3 heterocycles. The predicted molar refractivity (Wildman–Crippen MR) is 108 cm³/mol. The molecule has 0 amide bonds. The van der Waals surface area contributed by atoms with Crippen LogP contribution in [0.3, 0.4) is 0 Å². The van der Waals surface area contributed by atoms with Gasteiger partial charge in [-0.1, -0.05) is 18.1 Å². The first kappa shape index (κ1) is 20.2. The normalized spacial score (nSPS) is 20.6. The summed E-state index contributed by atoms with van der Waals surface area (Å²) in [5.41, 5.74) is 1.10. The van der Waals surface area contributed by atoms with E-state index in [0.717, 1.165) is 75.8 Å². The Morgan fingerprint density at radius 3 is 2.72 bits per heavy atom. The van der Waals surface area contributed by atoms with Crippen LogP contribution in [-0.2, 0) is 16.7 Å². The molecule has 1 N–H and O–H groups in total. The largest absolute Gasteiger partial charge is 0.504 e. The Morgan fingerprint density at radius 1 is 1.24 bits per heavy atom. The summed E-state index contributed by atoms with van der Waals surface area (Å²) in [6.07, 6.45) is 3.91. The number of phenolic OH excluding ortho intramolecular Hbond substituents is 1. The molecule has 2 aliphatic heterocycles. The lowest BCUT2D eigenvalue weighted by atomic mass is 9.79. The third-order valence-electron chi connectivity index (χ3n) is 6.24. The number of hydrogen-bond donors (Lipinski definition) is 1. The Balaban J connectivity index is 1.36. The maximum absolute atomic E-state index is 9.89. The van der Waals surface area contributed by atoms with Crippen LogP contribution in [0.5, 0.6) is 11.5 Å². The van der Waals surface area contributed by atoms with Gasteiger partial charge in [0.15, 0.2) is 17.3 Å². The van der Waals surface area contributed by atoms with E-state index in [1.54, 1.807) is 6.07 Å². The van der Waals surface area contributed by atoms with E-state index >= 15 is 0 Å². The zero-order chi connectivity index (χ0) is 20.3. The zero-order valence-corrected chi connectivity index (χ0v) is 17.4. The SMILES string of the molecule is CCOc1cc(CN2CCC(C)(c3noc(C4CCOCC4)n3)CC2)ccc1O. The Labute approximate surface area is 172 Å². The fourth-order valence-corrected chi connectivity index (χ4v) is 4.21. The molecule has 0 spiro atoms. The highest BCUT2D eigenvalue weighted by Gasteiger charge is 2.37. The molecular formula is C22H31N3O4. The number of hydrogen-bond acceptors (Lipinski definition) is 7. The molecule has 2 aromatic rings. The second kappa shape index (κ2) is 8.71. The van der Waals surface area contributed by atoms with Crippen LogP contribution in [0.2, 0.25) is 0 Å². The number of likely N-dealkylation sites (tertiary alicyclic amines) is 1. The van der Waals surface area contributed by atoms with Gasteiger partial charge in [0.25, 0.3) is 0 Å². The smallest absolute Gasteiger partial charge is 0.229 e. The van der Waals surface area contributed by atoms with E-state index < -0.39 is 0 Å². The summed E-state index contributed by atoms with van der Waals surface area (Å²) in [4.78, 5) is 7.22. The van der Waals surface area contributed by atoms with E-state index in [0.29, 0.717) is 18.3 Å². The van der Waals surface area contributed by atoms with Gasteiger partial charge in [0.05, 0.1) is 6.61 Å². The van der Waals surface area contributed by atoms with Gasteiger partial charge in [-0.05, 0) is 63.4 Å². The van der Waals surface area contributed by atoms with Gasteiger partial charge in [0.1, 0.15) is 0 Å². The highest BCUT2D eigenvalue weighted by atomic mass is 16.5. The first-order valence-corrected chi connectivity index (χ1v) is 10.7. The molecule has 0 radical (unpaired) electrons. The van der Waals surface area contributed by atoms with E-state index in [9.17, 15) is 5.11 Å². The maximum atomic E-state index is 9.89. The van der Waals surface area contributed by atoms with E-state index in [-0.39, 0.29) is 11.2 Å². The van der Waals surface area contributed by atoms with Crippen LogP contribution < -0.4 is 4.74 Å². The summed E-state index contributed by atoms with van der Waals surface area (Å²) in [6, 6.07) is 5.61. The molecule has 4 rings (SSSR count). The molecule has 1 aromatic carbocycles. The lowest BCUT2D eigenvalue weighted by Crippen LogP contribution is -2.41. The van der Waals surface area contributed by atoms with E-state index in [4.69, 9.17) is 19.0 Å². The van der Waals surface area contributed by atoms with Crippen LogP contribution in [0.15, 0.2) is 22.7 Å². The van der Waals surface area contributed by atoms with Crippen LogP contribution in [0, 0.1) is 0 Å². The second-order valence-corrected chi connectivity index (χ2v) is 8.41. The van der Waals surface area contributed by atoms with Crippen molar-refractivity contribution in [2.45, 2.75) is 57.4 Å². The number of rotatable bonds is 6. The molecule has 2 saturated heterocycles. The second-order valence-electron chi connectivity index (χ2n) is 8.41. The molecule has 158 valence electrons. The van der Waals surface area contributed by atoms with Crippen LogP contribution in [-0.4, -0.2) is 53.1 Å². The number of aromatic nitrogens is 2. The summed E-state index contributed by atoms with van der Waals surface area (Å²) in [6.45, 7) is 9.05. The molecule has 2 fully saturated rings. The van der Waals surface area contributed by atoms with Gasteiger partial charge in [-0.2, -0.15) is 4.98 Å². The average Bonchev–Trinajstić information content (AvgIpc) is 3.24. The van der Waals surface area contributed by atoms with Crippen LogP contribution >= 0.6 is 0 Å². The minimum absolute atomic E-state index is 0.0468.